The molecule has 1 aliphatic rings. The topological polar surface area (TPSA) is 34.9 Å². The van der Waals surface area contributed by atoms with Crippen molar-refractivity contribution in [3.05, 3.63) is 102 Å². The first-order valence-electron chi connectivity index (χ1n) is 9.14. The van der Waals surface area contributed by atoms with Crippen LogP contribution in [0.2, 0.25) is 5.02 Å². The normalized spacial score (nSPS) is 13.8. The number of ketones is 1. The number of hydrogen-bond donors (Lipinski definition) is 0. The Morgan fingerprint density at radius 3 is 2.45 bits per heavy atom. The third-order valence-electron chi connectivity index (χ3n) is 4.75. The average molecular weight is 415 g/mol. The van der Waals surface area contributed by atoms with Gasteiger partial charge in [0, 0.05) is 32.7 Å². The Morgan fingerprint density at radius 2 is 1.66 bits per heavy atom. The monoisotopic (exact) mass is 414 g/mol. The largest absolute Gasteiger partial charge is 0.289 e. The molecule has 0 fully saturated rings. The van der Waals surface area contributed by atoms with E-state index in [-0.39, 0.29) is 5.78 Å². The number of fused-ring (bicyclic) bond motifs is 3. The highest BCUT2D eigenvalue weighted by Crippen LogP contribution is 2.45. The van der Waals surface area contributed by atoms with Crippen LogP contribution >= 0.6 is 23.4 Å². The van der Waals surface area contributed by atoms with Gasteiger partial charge in [0.2, 0.25) is 0 Å². The molecule has 29 heavy (non-hydrogen) atoms. The van der Waals surface area contributed by atoms with Crippen molar-refractivity contribution < 1.29 is 4.79 Å². The zero-order chi connectivity index (χ0) is 19.8. The predicted octanol–water partition coefficient (Wildman–Crippen LogP) is 6.66. The van der Waals surface area contributed by atoms with E-state index < -0.39 is 0 Å². The number of benzene rings is 3. The van der Waals surface area contributed by atoms with Gasteiger partial charge in [0.05, 0.1) is 11.4 Å². The van der Waals surface area contributed by atoms with Gasteiger partial charge in [-0.25, -0.2) is 4.68 Å². The molecule has 0 bridgehead atoms. The van der Waals surface area contributed by atoms with E-state index in [1.807, 2.05) is 47.1 Å². The van der Waals surface area contributed by atoms with Crippen LogP contribution in [0, 0.1) is 0 Å². The molecule has 3 nitrogen and oxygen atoms in total. The number of thioether (sulfide) groups is 1. The highest BCUT2D eigenvalue weighted by molar-refractivity contribution is 8.08. The number of rotatable bonds is 3. The van der Waals surface area contributed by atoms with Crippen molar-refractivity contribution in [1.82, 2.24) is 9.78 Å². The van der Waals surface area contributed by atoms with E-state index in [1.54, 1.807) is 42.1 Å². The summed E-state index contributed by atoms with van der Waals surface area (Å²) in [5, 5.41) is 6.20. The number of nitrogens with zero attached hydrogens (tertiary/aromatic N) is 2. The van der Waals surface area contributed by atoms with E-state index in [0.29, 0.717) is 10.6 Å². The number of carbonyl (C=O) groups is 1. The van der Waals surface area contributed by atoms with Gasteiger partial charge in [0.1, 0.15) is 5.03 Å². The molecule has 140 valence electrons. The minimum absolute atomic E-state index is 0.0775. The lowest BCUT2D eigenvalue weighted by atomic mass is 10.1. The molecular formula is C24H15ClN2OS. The lowest BCUT2D eigenvalue weighted by Gasteiger charge is -2.19. The molecule has 0 saturated carbocycles. The van der Waals surface area contributed by atoms with E-state index in [9.17, 15) is 4.79 Å². The Labute approximate surface area is 177 Å². The molecular weight excluding hydrogens is 400 g/mol. The van der Waals surface area contributed by atoms with Crippen LogP contribution in [0.1, 0.15) is 10.4 Å². The summed E-state index contributed by atoms with van der Waals surface area (Å²) in [6.07, 6.45) is 1.65. The van der Waals surface area contributed by atoms with Gasteiger partial charge in [-0.15, -0.1) is 0 Å². The highest BCUT2D eigenvalue weighted by atomic mass is 35.5. The molecule has 0 spiro atoms. The summed E-state index contributed by atoms with van der Waals surface area (Å²) >= 11 is 7.50. The Kier molecular flexibility index (Phi) is 4.58. The van der Waals surface area contributed by atoms with Crippen molar-refractivity contribution in [3.8, 4) is 22.5 Å². The Balaban J connectivity index is 1.63. The summed E-state index contributed by atoms with van der Waals surface area (Å²) in [5.41, 5.74) is 4.61. The molecule has 4 aromatic rings. The minimum atomic E-state index is -0.0775. The maximum Gasteiger partial charge on any atom is 0.188 e. The van der Waals surface area contributed by atoms with E-state index >= 15 is 0 Å². The second kappa shape index (κ2) is 7.39. The van der Waals surface area contributed by atoms with Crippen LogP contribution in [0.5, 0.6) is 0 Å². The fraction of sp³-hybridized carbons (Fsp3) is 0. The van der Waals surface area contributed by atoms with E-state index in [0.717, 1.165) is 32.4 Å². The molecule has 0 amide bonds. The Bertz CT molecular complexity index is 1240. The number of aromatic nitrogens is 2. The van der Waals surface area contributed by atoms with Crippen LogP contribution in [0.25, 0.3) is 27.5 Å². The summed E-state index contributed by atoms with van der Waals surface area (Å²) in [6.45, 7) is 0. The SMILES string of the molecule is O=C(/C=C1/Sc2ccccc2-c2cc(-c3ccccc3)nn21)c1ccc(Cl)cc1. The summed E-state index contributed by atoms with van der Waals surface area (Å²) < 4.78 is 1.86. The van der Waals surface area contributed by atoms with Gasteiger partial charge in [-0.2, -0.15) is 5.10 Å². The standard InChI is InChI=1S/C24H15ClN2OS/c25-18-12-10-17(11-13-18)22(28)15-24-27-21(19-8-4-5-9-23(19)29-24)14-20(26-27)16-6-2-1-3-7-16/h1-15H/b24-15+. The molecule has 1 aliphatic heterocycles. The van der Waals surface area contributed by atoms with Crippen molar-refractivity contribution in [1.29, 1.82) is 0 Å². The van der Waals surface area contributed by atoms with Crippen LogP contribution in [-0.2, 0) is 0 Å². The second-order valence-electron chi connectivity index (χ2n) is 6.64. The zero-order valence-corrected chi connectivity index (χ0v) is 16.8. The van der Waals surface area contributed by atoms with E-state index in [4.69, 9.17) is 16.7 Å². The van der Waals surface area contributed by atoms with Crippen LogP contribution < -0.4 is 0 Å². The third-order valence-corrected chi connectivity index (χ3v) is 6.08. The zero-order valence-electron chi connectivity index (χ0n) is 15.2. The van der Waals surface area contributed by atoms with Gasteiger partial charge < -0.3 is 0 Å². The maximum atomic E-state index is 12.8. The van der Waals surface area contributed by atoms with Crippen LogP contribution in [-0.4, -0.2) is 15.6 Å². The molecule has 0 atom stereocenters. The number of hydrogen-bond acceptors (Lipinski definition) is 3. The van der Waals surface area contributed by atoms with Crippen LogP contribution in [0.3, 0.4) is 0 Å². The molecule has 5 rings (SSSR count). The van der Waals surface area contributed by atoms with Crippen LogP contribution in [0.4, 0.5) is 0 Å². The van der Waals surface area contributed by atoms with Crippen molar-refractivity contribution in [2.24, 2.45) is 0 Å². The average Bonchev–Trinajstić information content (AvgIpc) is 3.21. The minimum Gasteiger partial charge on any atom is -0.289 e. The summed E-state index contributed by atoms with van der Waals surface area (Å²) in [5.74, 6) is -0.0775. The molecule has 3 aromatic carbocycles. The van der Waals surface area contributed by atoms with Crippen molar-refractivity contribution >= 4 is 34.2 Å². The van der Waals surface area contributed by atoms with E-state index in [1.165, 1.54) is 0 Å². The molecule has 1 aromatic heterocycles. The van der Waals surface area contributed by atoms with Gasteiger partial charge in [-0.1, -0.05) is 71.9 Å². The van der Waals surface area contributed by atoms with Crippen molar-refractivity contribution in [3.63, 3.8) is 0 Å². The first-order chi connectivity index (χ1) is 14.2. The summed E-state index contributed by atoms with van der Waals surface area (Å²) in [6, 6.07) is 27.2. The fourth-order valence-corrected chi connectivity index (χ4v) is 4.49. The van der Waals surface area contributed by atoms with Crippen LogP contribution in [0.15, 0.2) is 95.9 Å². The van der Waals surface area contributed by atoms with Crippen molar-refractivity contribution in [2.45, 2.75) is 4.90 Å². The lowest BCUT2D eigenvalue weighted by Crippen LogP contribution is -2.07. The summed E-state index contributed by atoms with van der Waals surface area (Å²) in [7, 11) is 0. The third kappa shape index (κ3) is 3.41. The summed E-state index contributed by atoms with van der Waals surface area (Å²) in [4.78, 5) is 14.0. The Hall–Kier alpha value is -3.08. The van der Waals surface area contributed by atoms with Gasteiger partial charge in [0.25, 0.3) is 0 Å². The number of allylic oxidation sites excluding steroid dienone is 1. The van der Waals surface area contributed by atoms with Gasteiger partial charge in [-0.05, 0) is 36.4 Å². The molecule has 0 radical (unpaired) electrons. The number of carbonyl (C=O) groups excluding carboxylic acids is 1. The van der Waals surface area contributed by atoms with Gasteiger partial charge in [0.15, 0.2) is 5.78 Å². The molecule has 0 aliphatic carbocycles. The molecule has 0 N–H and O–H groups in total. The molecule has 0 unspecified atom stereocenters. The first kappa shape index (κ1) is 18.0. The Morgan fingerprint density at radius 1 is 0.931 bits per heavy atom. The number of halogens is 1. The smallest absolute Gasteiger partial charge is 0.188 e. The second-order valence-corrected chi connectivity index (χ2v) is 8.14. The highest BCUT2D eigenvalue weighted by Gasteiger charge is 2.24. The van der Waals surface area contributed by atoms with Gasteiger partial charge >= 0.3 is 0 Å². The van der Waals surface area contributed by atoms with E-state index in [2.05, 4.69) is 18.2 Å². The molecule has 0 saturated heterocycles. The van der Waals surface area contributed by atoms with Crippen molar-refractivity contribution in [2.75, 3.05) is 0 Å². The predicted molar refractivity (Wildman–Crippen MR) is 119 cm³/mol. The fourth-order valence-electron chi connectivity index (χ4n) is 3.31. The quantitative estimate of drug-likeness (QED) is 0.278. The molecule has 2 heterocycles. The first-order valence-corrected chi connectivity index (χ1v) is 10.3. The molecule has 5 heteroatoms. The van der Waals surface area contributed by atoms with Gasteiger partial charge in [-0.3, -0.25) is 4.79 Å². The maximum absolute atomic E-state index is 12.8. The lowest BCUT2D eigenvalue weighted by molar-refractivity contribution is 0.104.